The van der Waals surface area contributed by atoms with Crippen molar-refractivity contribution in [3.8, 4) is 5.75 Å². The van der Waals surface area contributed by atoms with Crippen molar-refractivity contribution in [2.45, 2.75) is 6.18 Å². The molecular weight excluding hydrogens is 273 g/mol. The molecule has 0 spiro atoms. The maximum Gasteiger partial charge on any atom is 0.417 e. The lowest BCUT2D eigenvalue weighted by Crippen LogP contribution is -2.17. The van der Waals surface area contributed by atoms with E-state index in [1.165, 1.54) is 7.11 Å². The minimum Gasteiger partial charge on any atom is -0.497 e. The molecule has 0 aromatic heterocycles. The highest BCUT2D eigenvalue weighted by molar-refractivity contribution is 6.30. The second-order valence-electron chi connectivity index (χ2n) is 3.31. The van der Waals surface area contributed by atoms with E-state index in [1.807, 2.05) is 0 Å². The third kappa shape index (κ3) is 2.81. The van der Waals surface area contributed by atoms with E-state index in [1.54, 1.807) is 0 Å². The summed E-state index contributed by atoms with van der Waals surface area (Å²) in [5.41, 5.74) is -2.61. The molecule has 0 bridgehead atoms. The van der Waals surface area contributed by atoms with Crippen LogP contribution in [0.4, 0.5) is 13.2 Å². The third-order valence-electron chi connectivity index (χ3n) is 2.21. The molecule has 7 heteroatoms. The van der Waals surface area contributed by atoms with E-state index in [4.69, 9.17) is 16.3 Å². The Labute approximate surface area is 105 Å². The molecule has 0 N–H and O–H groups in total. The monoisotopic (exact) mass is 280 g/mol. The fourth-order valence-corrected chi connectivity index (χ4v) is 1.60. The molecule has 0 aliphatic heterocycles. The van der Waals surface area contributed by atoms with Gasteiger partial charge in [-0.25, -0.2) is 0 Å². The standard InChI is InChI=1S/C11H8ClF3O3/c1-18-7-2-6(5-16)10(11(13,14)15)8(3-7)9(17)4-12/h2-3,5H,4H2,1H3. The average molecular weight is 281 g/mol. The van der Waals surface area contributed by atoms with Gasteiger partial charge in [0.25, 0.3) is 0 Å². The van der Waals surface area contributed by atoms with Crippen LogP contribution in [0.2, 0.25) is 0 Å². The number of ketones is 1. The number of carbonyl (C=O) groups excluding carboxylic acids is 2. The van der Waals surface area contributed by atoms with Crippen molar-refractivity contribution in [1.29, 1.82) is 0 Å². The number of alkyl halides is 4. The molecule has 0 fully saturated rings. The van der Waals surface area contributed by atoms with Crippen LogP contribution in [0.25, 0.3) is 0 Å². The molecule has 0 atom stereocenters. The number of hydrogen-bond donors (Lipinski definition) is 0. The molecule has 0 saturated carbocycles. The van der Waals surface area contributed by atoms with Crippen molar-refractivity contribution in [1.82, 2.24) is 0 Å². The second kappa shape index (κ2) is 5.39. The number of hydrogen-bond acceptors (Lipinski definition) is 3. The number of Topliss-reactive ketones (excluding diaryl/α,β-unsaturated/α-hetero) is 1. The van der Waals surface area contributed by atoms with Crippen molar-refractivity contribution in [3.63, 3.8) is 0 Å². The molecule has 1 aromatic carbocycles. The zero-order valence-corrected chi connectivity index (χ0v) is 9.93. The van der Waals surface area contributed by atoms with E-state index < -0.39 is 34.5 Å². The van der Waals surface area contributed by atoms with Gasteiger partial charge in [-0.3, -0.25) is 9.59 Å². The summed E-state index contributed by atoms with van der Waals surface area (Å²) in [6, 6.07) is 1.83. The number of ether oxygens (including phenoxy) is 1. The minimum absolute atomic E-state index is 0.0152. The smallest absolute Gasteiger partial charge is 0.417 e. The summed E-state index contributed by atoms with van der Waals surface area (Å²) < 4.78 is 43.2. The molecule has 18 heavy (non-hydrogen) atoms. The molecule has 1 aromatic rings. The lowest BCUT2D eigenvalue weighted by atomic mass is 9.98. The molecule has 0 saturated heterocycles. The van der Waals surface area contributed by atoms with Crippen molar-refractivity contribution < 1.29 is 27.5 Å². The summed E-state index contributed by atoms with van der Waals surface area (Å²) in [6.07, 6.45) is -4.80. The quantitative estimate of drug-likeness (QED) is 0.484. The number of methoxy groups -OCH3 is 1. The highest BCUT2D eigenvalue weighted by atomic mass is 35.5. The first kappa shape index (κ1) is 14.5. The van der Waals surface area contributed by atoms with E-state index in [-0.39, 0.29) is 12.0 Å². The Bertz CT molecular complexity index is 483. The van der Waals surface area contributed by atoms with E-state index in [9.17, 15) is 22.8 Å². The Kier molecular flexibility index (Phi) is 4.34. The van der Waals surface area contributed by atoms with Gasteiger partial charge in [0.15, 0.2) is 12.1 Å². The number of rotatable bonds is 4. The van der Waals surface area contributed by atoms with Crippen LogP contribution in [0.15, 0.2) is 12.1 Å². The highest BCUT2D eigenvalue weighted by Crippen LogP contribution is 2.36. The fourth-order valence-electron chi connectivity index (χ4n) is 1.46. The molecule has 0 aliphatic carbocycles. The van der Waals surface area contributed by atoms with Gasteiger partial charge in [0.1, 0.15) is 5.75 Å². The molecule has 1 rings (SSSR count). The number of halogens is 4. The first-order valence-corrected chi connectivity index (χ1v) is 5.22. The molecule has 0 radical (unpaired) electrons. The molecule has 0 unspecified atom stereocenters. The maximum absolute atomic E-state index is 12.8. The number of aldehydes is 1. The Hall–Kier alpha value is -1.56. The SMILES string of the molecule is COc1cc(C=O)c(C(F)(F)F)c(C(=O)CCl)c1. The van der Waals surface area contributed by atoms with Crippen LogP contribution in [0.3, 0.4) is 0 Å². The number of carbonyl (C=O) groups is 2. The van der Waals surface area contributed by atoms with Crippen molar-refractivity contribution >= 4 is 23.7 Å². The predicted molar refractivity (Wildman–Crippen MR) is 58.4 cm³/mol. The van der Waals surface area contributed by atoms with E-state index >= 15 is 0 Å². The van der Waals surface area contributed by atoms with Crippen LogP contribution in [0.5, 0.6) is 5.75 Å². The van der Waals surface area contributed by atoms with Gasteiger partial charge in [-0.1, -0.05) is 0 Å². The first-order valence-electron chi connectivity index (χ1n) is 4.68. The Morgan fingerprint density at radius 3 is 2.44 bits per heavy atom. The van der Waals surface area contributed by atoms with E-state index in [0.717, 1.165) is 12.1 Å². The molecule has 0 heterocycles. The fraction of sp³-hybridized carbons (Fsp3) is 0.273. The normalized spacial score (nSPS) is 11.2. The zero-order chi connectivity index (χ0) is 13.9. The van der Waals surface area contributed by atoms with Gasteiger partial charge in [0.05, 0.1) is 18.6 Å². The van der Waals surface area contributed by atoms with Gasteiger partial charge in [-0.15, -0.1) is 11.6 Å². The Morgan fingerprint density at radius 1 is 1.44 bits per heavy atom. The molecule has 98 valence electrons. The summed E-state index contributed by atoms with van der Waals surface area (Å²) in [7, 11) is 1.21. The Balaban J connectivity index is 3.63. The zero-order valence-electron chi connectivity index (χ0n) is 9.18. The maximum atomic E-state index is 12.8. The summed E-state index contributed by atoms with van der Waals surface area (Å²) in [5, 5.41) is 0. The molecule has 0 aliphatic rings. The summed E-state index contributed by atoms with van der Waals surface area (Å²) in [4.78, 5) is 22.1. The average Bonchev–Trinajstić information content (AvgIpc) is 2.34. The van der Waals surface area contributed by atoms with Crippen molar-refractivity contribution in [3.05, 3.63) is 28.8 Å². The molecule has 3 nitrogen and oxygen atoms in total. The van der Waals surface area contributed by atoms with Crippen LogP contribution in [-0.4, -0.2) is 25.1 Å². The van der Waals surface area contributed by atoms with Crippen molar-refractivity contribution in [2.75, 3.05) is 13.0 Å². The van der Waals surface area contributed by atoms with Crippen molar-refractivity contribution in [2.24, 2.45) is 0 Å². The largest absolute Gasteiger partial charge is 0.497 e. The van der Waals surface area contributed by atoms with Crippen LogP contribution >= 0.6 is 11.6 Å². The second-order valence-corrected chi connectivity index (χ2v) is 3.58. The third-order valence-corrected chi connectivity index (χ3v) is 2.45. The van der Waals surface area contributed by atoms with Crippen LogP contribution < -0.4 is 4.74 Å². The number of benzene rings is 1. The van der Waals surface area contributed by atoms with Gasteiger partial charge in [0.2, 0.25) is 0 Å². The Morgan fingerprint density at radius 2 is 2.06 bits per heavy atom. The molecular formula is C11H8ClF3O3. The summed E-state index contributed by atoms with van der Waals surface area (Å²) >= 11 is 5.25. The van der Waals surface area contributed by atoms with Crippen LogP contribution in [-0.2, 0) is 6.18 Å². The lowest BCUT2D eigenvalue weighted by molar-refractivity contribution is -0.138. The highest BCUT2D eigenvalue weighted by Gasteiger charge is 2.38. The van der Waals surface area contributed by atoms with Gasteiger partial charge in [-0.2, -0.15) is 13.2 Å². The summed E-state index contributed by atoms with van der Waals surface area (Å²) in [6.45, 7) is 0. The van der Waals surface area contributed by atoms with Gasteiger partial charge >= 0.3 is 6.18 Å². The van der Waals surface area contributed by atoms with Gasteiger partial charge in [-0.05, 0) is 12.1 Å². The van der Waals surface area contributed by atoms with Crippen LogP contribution in [0.1, 0.15) is 26.3 Å². The van der Waals surface area contributed by atoms with Gasteiger partial charge < -0.3 is 4.74 Å². The van der Waals surface area contributed by atoms with E-state index in [2.05, 4.69) is 0 Å². The summed E-state index contributed by atoms with van der Waals surface area (Å²) in [5.74, 6) is -1.56. The first-order chi connectivity index (χ1) is 8.35. The van der Waals surface area contributed by atoms with E-state index in [0.29, 0.717) is 0 Å². The lowest BCUT2D eigenvalue weighted by Gasteiger charge is -2.15. The molecule has 0 amide bonds. The predicted octanol–water partition coefficient (Wildman–Crippen LogP) is 2.95. The van der Waals surface area contributed by atoms with Crippen LogP contribution in [0, 0.1) is 0 Å². The minimum atomic E-state index is -4.82. The van der Waals surface area contributed by atoms with Gasteiger partial charge in [0, 0.05) is 11.1 Å². The topological polar surface area (TPSA) is 43.4 Å².